The predicted molar refractivity (Wildman–Crippen MR) is 122 cm³/mol. The molecule has 0 atom stereocenters. The normalized spacial score (nSPS) is 13.0. The number of carbonyl (C=O) groups is 1. The molecule has 0 unspecified atom stereocenters. The summed E-state index contributed by atoms with van der Waals surface area (Å²) >= 11 is 0. The molecule has 3 aromatic heterocycles. The fraction of sp³-hybridized carbons (Fsp3) is 0.208. The number of carbonyl (C=O) groups excluding carboxylic acids is 1. The smallest absolute Gasteiger partial charge is 0.254 e. The van der Waals surface area contributed by atoms with E-state index in [1.165, 1.54) is 0 Å². The van der Waals surface area contributed by atoms with Crippen LogP contribution in [0.15, 0.2) is 54.9 Å². The Morgan fingerprint density at radius 1 is 1.13 bits per heavy atom. The quantitative estimate of drug-likeness (QED) is 0.523. The van der Waals surface area contributed by atoms with Gasteiger partial charge in [-0.15, -0.1) is 0 Å². The lowest BCUT2D eigenvalue weighted by molar-refractivity contribution is 0.0966. The highest BCUT2D eigenvalue weighted by Gasteiger charge is 2.27. The number of rotatable bonds is 5. The van der Waals surface area contributed by atoms with Gasteiger partial charge < -0.3 is 20.1 Å². The van der Waals surface area contributed by atoms with Gasteiger partial charge in [0.05, 0.1) is 16.9 Å². The Hall–Kier alpha value is -3.71. The number of nitrogens with one attached hydrogen (secondary N) is 2. The molecular formula is C24H24N6O. The summed E-state index contributed by atoms with van der Waals surface area (Å²) < 4.78 is 2.00. The fourth-order valence-electron chi connectivity index (χ4n) is 4.20. The van der Waals surface area contributed by atoms with Crippen LogP contribution < -0.4 is 10.6 Å². The Bertz CT molecular complexity index is 1310. The molecule has 0 saturated carbocycles. The first-order valence-corrected chi connectivity index (χ1v) is 10.2. The Morgan fingerprint density at radius 3 is 2.84 bits per heavy atom. The van der Waals surface area contributed by atoms with E-state index in [-0.39, 0.29) is 5.91 Å². The largest absolute Gasteiger partial charge is 0.348 e. The summed E-state index contributed by atoms with van der Waals surface area (Å²) in [5.41, 5.74) is 6.46. The summed E-state index contributed by atoms with van der Waals surface area (Å²) in [5, 5.41) is 7.42. The SMILES string of the molecule is CN(C)Cc1cccc(Nc2ccc(-c3ccnc4c3ccn4C)c3c2C(=O)NC3)n1. The van der Waals surface area contributed by atoms with E-state index in [0.29, 0.717) is 12.1 Å². The van der Waals surface area contributed by atoms with Gasteiger partial charge in [-0.05, 0) is 61.1 Å². The van der Waals surface area contributed by atoms with Crippen molar-refractivity contribution in [3.63, 3.8) is 0 Å². The third-order valence-electron chi connectivity index (χ3n) is 5.57. The van der Waals surface area contributed by atoms with Gasteiger partial charge in [0.15, 0.2) is 0 Å². The van der Waals surface area contributed by atoms with Gasteiger partial charge in [0.1, 0.15) is 11.5 Å². The zero-order valence-electron chi connectivity index (χ0n) is 17.8. The van der Waals surface area contributed by atoms with Crippen molar-refractivity contribution < 1.29 is 4.79 Å². The van der Waals surface area contributed by atoms with Crippen molar-refractivity contribution in [2.24, 2.45) is 7.05 Å². The molecule has 0 fully saturated rings. The van der Waals surface area contributed by atoms with E-state index in [9.17, 15) is 4.79 Å². The van der Waals surface area contributed by atoms with Crippen LogP contribution in [0.4, 0.5) is 11.5 Å². The molecule has 0 radical (unpaired) electrons. The van der Waals surface area contributed by atoms with Crippen LogP contribution in [0.5, 0.6) is 0 Å². The van der Waals surface area contributed by atoms with Gasteiger partial charge in [-0.25, -0.2) is 9.97 Å². The minimum absolute atomic E-state index is 0.0674. The summed E-state index contributed by atoms with van der Waals surface area (Å²) in [6, 6.07) is 14.0. The lowest BCUT2D eigenvalue weighted by Gasteiger charge is -2.15. The molecule has 2 N–H and O–H groups in total. The van der Waals surface area contributed by atoms with Crippen LogP contribution in [-0.2, 0) is 20.1 Å². The van der Waals surface area contributed by atoms with Crippen molar-refractivity contribution in [3.05, 3.63) is 71.7 Å². The molecule has 0 bridgehead atoms. The van der Waals surface area contributed by atoms with Gasteiger partial charge in [-0.3, -0.25) is 4.79 Å². The highest BCUT2D eigenvalue weighted by Crippen LogP contribution is 2.37. The van der Waals surface area contributed by atoms with Gasteiger partial charge in [0.25, 0.3) is 5.91 Å². The second kappa shape index (κ2) is 7.52. The first kappa shape index (κ1) is 19.3. The van der Waals surface area contributed by atoms with Crippen molar-refractivity contribution in [2.45, 2.75) is 13.1 Å². The lowest BCUT2D eigenvalue weighted by Crippen LogP contribution is -2.14. The third kappa shape index (κ3) is 3.43. The number of nitrogens with zero attached hydrogens (tertiary/aromatic N) is 4. The van der Waals surface area contributed by atoms with Gasteiger partial charge in [0, 0.05) is 37.9 Å². The maximum atomic E-state index is 12.7. The molecule has 7 nitrogen and oxygen atoms in total. The van der Waals surface area contributed by atoms with Crippen molar-refractivity contribution in [1.29, 1.82) is 0 Å². The van der Waals surface area contributed by atoms with E-state index >= 15 is 0 Å². The predicted octanol–water partition coefficient (Wildman–Crippen LogP) is 3.68. The molecule has 156 valence electrons. The summed E-state index contributed by atoms with van der Waals surface area (Å²) in [7, 11) is 6.01. The number of anilines is 2. The Morgan fingerprint density at radius 2 is 2.00 bits per heavy atom. The van der Waals surface area contributed by atoms with Crippen LogP contribution >= 0.6 is 0 Å². The molecule has 4 aromatic rings. The molecule has 1 aliphatic rings. The summed E-state index contributed by atoms with van der Waals surface area (Å²) in [4.78, 5) is 24.0. The Labute approximate surface area is 180 Å². The standard InChI is InChI=1S/C24H24N6O/c1-29(2)14-15-5-4-6-21(27-15)28-20-8-7-16(19-13-26-24(31)22(19)20)17-9-11-25-23-18(17)10-12-30(23)3/h4-12H,13-14H2,1-3H3,(H,26,31)(H,27,28). The number of aromatic nitrogens is 3. The van der Waals surface area contributed by atoms with E-state index < -0.39 is 0 Å². The molecular weight excluding hydrogens is 388 g/mol. The topological polar surface area (TPSA) is 75.1 Å². The van der Waals surface area contributed by atoms with E-state index in [1.54, 1.807) is 0 Å². The molecule has 0 spiro atoms. The van der Waals surface area contributed by atoms with Crippen LogP contribution in [0.25, 0.3) is 22.2 Å². The average molecular weight is 412 g/mol. The van der Waals surface area contributed by atoms with Gasteiger partial charge in [0.2, 0.25) is 0 Å². The molecule has 0 saturated heterocycles. The number of hydrogen-bond donors (Lipinski definition) is 2. The molecule has 1 aromatic carbocycles. The highest BCUT2D eigenvalue weighted by atomic mass is 16.1. The van der Waals surface area contributed by atoms with Crippen molar-refractivity contribution >= 4 is 28.4 Å². The van der Waals surface area contributed by atoms with Crippen molar-refractivity contribution in [2.75, 3.05) is 19.4 Å². The van der Waals surface area contributed by atoms with E-state index in [4.69, 9.17) is 0 Å². The zero-order chi connectivity index (χ0) is 21.5. The maximum absolute atomic E-state index is 12.7. The molecule has 1 aliphatic heterocycles. The van der Waals surface area contributed by atoms with Gasteiger partial charge in [-0.1, -0.05) is 12.1 Å². The number of fused-ring (bicyclic) bond motifs is 2. The number of amides is 1. The van der Waals surface area contributed by atoms with Gasteiger partial charge in [-0.2, -0.15) is 0 Å². The first-order valence-electron chi connectivity index (χ1n) is 10.2. The number of benzene rings is 1. The Kier molecular flexibility index (Phi) is 4.67. The molecule has 7 heteroatoms. The highest BCUT2D eigenvalue weighted by molar-refractivity contribution is 6.07. The lowest BCUT2D eigenvalue weighted by atomic mass is 9.94. The molecule has 31 heavy (non-hydrogen) atoms. The molecule has 1 amide bonds. The van der Waals surface area contributed by atoms with E-state index in [0.717, 1.165) is 51.5 Å². The van der Waals surface area contributed by atoms with Crippen molar-refractivity contribution in [3.8, 4) is 11.1 Å². The summed E-state index contributed by atoms with van der Waals surface area (Å²) in [6.07, 6.45) is 3.83. The summed E-state index contributed by atoms with van der Waals surface area (Å²) in [6.45, 7) is 1.26. The minimum Gasteiger partial charge on any atom is -0.348 e. The van der Waals surface area contributed by atoms with Crippen LogP contribution in [0.3, 0.4) is 0 Å². The first-order chi connectivity index (χ1) is 15.0. The Balaban J connectivity index is 1.58. The molecule has 4 heterocycles. The van der Waals surface area contributed by atoms with Gasteiger partial charge >= 0.3 is 0 Å². The third-order valence-corrected chi connectivity index (χ3v) is 5.57. The number of aryl methyl sites for hydroxylation is 1. The number of hydrogen-bond acceptors (Lipinski definition) is 5. The molecule has 5 rings (SSSR count). The summed E-state index contributed by atoms with van der Waals surface area (Å²) in [5.74, 6) is 0.658. The number of pyridine rings is 2. The van der Waals surface area contributed by atoms with E-state index in [2.05, 4.69) is 37.6 Å². The minimum atomic E-state index is -0.0674. The average Bonchev–Trinajstić information content (AvgIpc) is 3.32. The second-order valence-electron chi connectivity index (χ2n) is 8.10. The monoisotopic (exact) mass is 412 g/mol. The maximum Gasteiger partial charge on any atom is 0.254 e. The van der Waals surface area contributed by atoms with Crippen LogP contribution in [-0.4, -0.2) is 39.4 Å². The molecule has 0 aliphatic carbocycles. The van der Waals surface area contributed by atoms with Crippen LogP contribution in [0.1, 0.15) is 21.6 Å². The van der Waals surface area contributed by atoms with Crippen LogP contribution in [0, 0.1) is 0 Å². The van der Waals surface area contributed by atoms with Crippen LogP contribution in [0.2, 0.25) is 0 Å². The van der Waals surface area contributed by atoms with E-state index in [1.807, 2.05) is 68.4 Å². The van der Waals surface area contributed by atoms with Crippen molar-refractivity contribution in [1.82, 2.24) is 24.8 Å². The second-order valence-corrected chi connectivity index (χ2v) is 8.10. The fourth-order valence-corrected chi connectivity index (χ4v) is 4.20. The zero-order valence-corrected chi connectivity index (χ0v) is 17.8.